The number of amides is 1. The van der Waals surface area contributed by atoms with E-state index in [2.05, 4.69) is 5.32 Å². The molecule has 0 saturated carbocycles. The molecule has 4 nitrogen and oxygen atoms in total. The van der Waals surface area contributed by atoms with Gasteiger partial charge in [0.2, 0.25) is 5.91 Å². The van der Waals surface area contributed by atoms with Gasteiger partial charge >= 0.3 is 0 Å². The summed E-state index contributed by atoms with van der Waals surface area (Å²) >= 11 is 0. The Morgan fingerprint density at radius 3 is 2.46 bits per heavy atom. The zero-order valence-electron chi connectivity index (χ0n) is 14.0. The van der Waals surface area contributed by atoms with Crippen LogP contribution in [0.1, 0.15) is 17.2 Å². The highest BCUT2D eigenvalue weighted by Crippen LogP contribution is 2.21. The molecule has 2 aromatic carbocycles. The highest BCUT2D eigenvalue weighted by Gasteiger charge is 2.25. The Kier molecular flexibility index (Phi) is 6.90. The molecule has 0 fully saturated rings. The summed E-state index contributed by atoms with van der Waals surface area (Å²) < 4.78 is 19.5. The van der Waals surface area contributed by atoms with Crippen molar-refractivity contribution >= 4 is 5.91 Å². The van der Waals surface area contributed by atoms with Crippen molar-refractivity contribution in [2.75, 3.05) is 27.2 Å². The summed E-state index contributed by atoms with van der Waals surface area (Å²) in [7, 11) is 3.51. The van der Waals surface area contributed by atoms with Crippen molar-refractivity contribution in [3.63, 3.8) is 0 Å². The quantitative estimate of drug-likeness (QED) is 0.757. The fourth-order valence-corrected chi connectivity index (χ4v) is 2.46. The predicted octanol–water partition coefficient (Wildman–Crippen LogP) is 2.76. The molecule has 0 aliphatic carbocycles. The summed E-state index contributed by atoms with van der Waals surface area (Å²) in [5.41, 5.74) is 1.45. The molecule has 0 radical (unpaired) electrons. The molecule has 2 aromatic rings. The number of benzene rings is 2. The number of hydrogen-bond donors (Lipinski definition) is 1. The topological polar surface area (TPSA) is 41.6 Å². The molecule has 2 rings (SSSR count). The van der Waals surface area contributed by atoms with Gasteiger partial charge in [-0.25, -0.2) is 4.39 Å². The van der Waals surface area contributed by atoms with E-state index >= 15 is 0 Å². The van der Waals surface area contributed by atoms with E-state index in [1.165, 1.54) is 6.07 Å². The lowest BCUT2D eigenvalue weighted by Gasteiger charge is -2.24. The van der Waals surface area contributed by atoms with Crippen LogP contribution in [0.4, 0.5) is 4.39 Å². The van der Waals surface area contributed by atoms with Gasteiger partial charge in [0.25, 0.3) is 0 Å². The smallest absolute Gasteiger partial charge is 0.242 e. The molecular weight excluding hydrogens is 307 g/mol. The summed E-state index contributed by atoms with van der Waals surface area (Å²) in [6.45, 7) is 1.28. The van der Waals surface area contributed by atoms with E-state index in [1.54, 1.807) is 37.2 Å². The molecule has 5 heteroatoms. The maximum absolute atomic E-state index is 14.0. The molecule has 0 aromatic heterocycles. The molecule has 1 atom stereocenters. The first-order valence-corrected chi connectivity index (χ1v) is 7.90. The van der Waals surface area contributed by atoms with Crippen LogP contribution in [0.2, 0.25) is 0 Å². The van der Waals surface area contributed by atoms with Gasteiger partial charge < -0.3 is 10.1 Å². The lowest BCUT2D eigenvalue weighted by atomic mass is 10.0. The normalized spacial score (nSPS) is 12.2. The van der Waals surface area contributed by atoms with E-state index in [1.807, 2.05) is 30.3 Å². The molecular formula is C19H23FN2O2. The number of nitrogens with zero attached hydrogens (tertiary/aromatic N) is 1. The van der Waals surface area contributed by atoms with Gasteiger partial charge in [-0.1, -0.05) is 48.5 Å². The van der Waals surface area contributed by atoms with E-state index in [9.17, 15) is 9.18 Å². The van der Waals surface area contributed by atoms with Gasteiger partial charge in [-0.15, -0.1) is 0 Å². The highest BCUT2D eigenvalue weighted by atomic mass is 19.1. The van der Waals surface area contributed by atoms with E-state index in [-0.39, 0.29) is 11.7 Å². The maximum Gasteiger partial charge on any atom is 0.242 e. The van der Waals surface area contributed by atoms with Crippen LogP contribution >= 0.6 is 0 Å². The van der Waals surface area contributed by atoms with Gasteiger partial charge in [0, 0.05) is 12.1 Å². The first-order chi connectivity index (χ1) is 11.6. The zero-order valence-corrected chi connectivity index (χ0v) is 14.0. The van der Waals surface area contributed by atoms with Gasteiger partial charge in [-0.2, -0.15) is 0 Å². The third-order valence-corrected chi connectivity index (χ3v) is 3.62. The zero-order chi connectivity index (χ0) is 17.4. The Hall–Kier alpha value is -2.24. The standard InChI is InChI=1S/C19H23FN2O2/c1-22(2)18(16-10-6-7-11-17(16)20)19(23)21-12-13-24-14-15-8-4-3-5-9-15/h3-11,18H,12-14H2,1-2H3,(H,21,23). The lowest BCUT2D eigenvalue weighted by molar-refractivity contribution is -0.126. The van der Waals surface area contributed by atoms with Crippen LogP contribution in [0.5, 0.6) is 0 Å². The van der Waals surface area contributed by atoms with Crippen LogP contribution in [0.3, 0.4) is 0 Å². The predicted molar refractivity (Wildman–Crippen MR) is 91.9 cm³/mol. The van der Waals surface area contributed by atoms with E-state index < -0.39 is 6.04 Å². The molecule has 1 N–H and O–H groups in total. The lowest BCUT2D eigenvalue weighted by Crippen LogP contribution is -2.38. The first kappa shape index (κ1) is 18.1. The van der Waals surface area contributed by atoms with E-state index in [4.69, 9.17) is 4.74 Å². The number of rotatable bonds is 8. The highest BCUT2D eigenvalue weighted by molar-refractivity contribution is 5.83. The number of hydrogen-bond acceptors (Lipinski definition) is 3. The third kappa shape index (κ3) is 5.15. The fourth-order valence-electron chi connectivity index (χ4n) is 2.46. The summed E-state index contributed by atoms with van der Waals surface area (Å²) in [5.74, 6) is -0.625. The fraction of sp³-hybridized carbons (Fsp3) is 0.316. The molecule has 0 bridgehead atoms. The molecule has 1 amide bonds. The summed E-state index contributed by atoms with van der Waals surface area (Å²) in [5, 5.41) is 2.80. The molecule has 24 heavy (non-hydrogen) atoms. The second-order valence-corrected chi connectivity index (χ2v) is 5.72. The largest absolute Gasteiger partial charge is 0.375 e. The maximum atomic E-state index is 14.0. The number of carbonyl (C=O) groups excluding carboxylic acids is 1. The van der Waals surface area contributed by atoms with Crippen LogP contribution in [-0.4, -0.2) is 38.1 Å². The summed E-state index contributed by atoms with van der Waals surface area (Å²) in [6.07, 6.45) is 0. The van der Waals surface area contributed by atoms with Gasteiger partial charge in [0.1, 0.15) is 11.9 Å². The number of halogens is 1. The van der Waals surface area contributed by atoms with Crippen LogP contribution in [0.25, 0.3) is 0 Å². The molecule has 0 aliphatic rings. The van der Waals surface area contributed by atoms with Gasteiger partial charge in [-0.05, 0) is 25.7 Å². The molecule has 0 aliphatic heterocycles. The van der Waals surface area contributed by atoms with Crippen LogP contribution in [0, 0.1) is 5.82 Å². The van der Waals surface area contributed by atoms with Gasteiger partial charge in [0.15, 0.2) is 0 Å². The van der Waals surface area contributed by atoms with Crippen LogP contribution < -0.4 is 5.32 Å². The van der Waals surface area contributed by atoms with Gasteiger partial charge in [-0.3, -0.25) is 9.69 Å². The Balaban J connectivity index is 1.82. The van der Waals surface area contributed by atoms with E-state index in [0.29, 0.717) is 25.3 Å². The van der Waals surface area contributed by atoms with Crippen molar-refractivity contribution in [3.8, 4) is 0 Å². The van der Waals surface area contributed by atoms with Crippen LogP contribution in [0.15, 0.2) is 54.6 Å². The SMILES string of the molecule is CN(C)C(C(=O)NCCOCc1ccccc1)c1ccccc1F. The van der Waals surface area contributed by atoms with Crippen molar-refractivity contribution in [1.82, 2.24) is 10.2 Å². The van der Waals surface area contributed by atoms with Crippen molar-refractivity contribution in [2.24, 2.45) is 0 Å². The number of likely N-dealkylation sites (N-methyl/N-ethyl adjacent to an activating group) is 1. The van der Waals surface area contributed by atoms with Gasteiger partial charge in [0.05, 0.1) is 13.2 Å². The minimum Gasteiger partial charge on any atom is -0.375 e. The second-order valence-electron chi connectivity index (χ2n) is 5.72. The Morgan fingerprint density at radius 1 is 1.12 bits per heavy atom. The summed E-state index contributed by atoms with van der Waals surface area (Å²) in [6, 6.07) is 15.5. The van der Waals surface area contributed by atoms with Crippen LogP contribution in [-0.2, 0) is 16.1 Å². The van der Waals surface area contributed by atoms with E-state index in [0.717, 1.165) is 5.56 Å². The van der Waals surface area contributed by atoms with Crippen molar-refractivity contribution < 1.29 is 13.9 Å². The molecule has 0 spiro atoms. The Bertz CT molecular complexity index is 647. The monoisotopic (exact) mass is 330 g/mol. The number of ether oxygens (including phenoxy) is 1. The third-order valence-electron chi connectivity index (χ3n) is 3.62. The molecule has 128 valence electrons. The first-order valence-electron chi connectivity index (χ1n) is 7.90. The minimum absolute atomic E-state index is 0.242. The number of carbonyl (C=O) groups is 1. The summed E-state index contributed by atoms with van der Waals surface area (Å²) in [4.78, 5) is 14.1. The average Bonchev–Trinajstić information content (AvgIpc) is 2.57. The average molecular weight is 330 g/mol. The molecule has 0 heterocycles. The minimum atomic E-state index is -0.666. The Morgan fingerprint density at radius 2 is 1.79 bits per heavy atom. The number of nitrogens with one attached hydrogen (secondary N) is 1. The second kappa shape index (κ2) is 9.15. The van der Waals surface area contributed by atoms with Crippen molar-refractivity contribution in [3.05, 3.63) is 71.5 Å². The van der Waals surface area contributed by atoms with Crippen molar-refractivity contribution in [1.29, 1.82) is 0 Å². The van der Waals surface area contributed by atoms with Crippen molar-refractivity contribution in [2.45, 2.75) is 12.6 Å². The molecule has 1 unspecified atom stereocenters. The molecule has 0 saturated heterocycles. The Labute approximate surface area is 142 Å².